The number of carboxylic acids is 1. The summed E-state index contributed by atoms with van der Waals surface area (Å²) in [6, 6.07) is 4.34. The Kier molecular flexibility index (Phi) is 4.47. The molecule has 1 fully saturated rings. The number of aliphatic carboxylic acids is 1. The third-order valence-corrected chi connectivity index (χ3v) is 5.36. The maximum absolute atomic E-state index is 12.3. The van der Waals surface area contributed by atoms with Crippen LogP contribution < -0.4 is 4.72 Å². The third-order valence-electron chi connectivity index (χ3n) is 3.80. The summed E-state index contributed by atoms with van der Waals surface area (Å²) >= 11 is 0. The van der Waals surface area contributed by atoms with Gasteiger partial charge < -0.3 is 5.11 Å². The molecule has 8 nitrogen and oxygen atoms in total. The van der Waals surface area contributed by atoms with E-state index < -0.39 is 26.5 Å². The lowest BCUT2D eigenvalue weighted by Gasteiger charge is -2.33. The molecule has 0 bridgehead atoms. The number of carboxylic acid groups (broad SMARTS) is 1. The van der Waals surface area contributed by atoms with Crippen molar-refractivity contribution in [3.8, 4) is 0 Å². The Balaban J connectivity index is 2.29. The van der Waals surface area contributed by atoms with E-state index in [2.05, 4.69) is 4.72 Å². The molecule has 120 valence electrons. The summed E-state index contributed by atoms with van der Waals surface area (Å²) in [7, 11) is -4.06. The van der Waals surface area contributed by atoms with Gasteiger partial charge in [-0.3, -0.25) is 14.9 Å². The molecule has 0 heterocycles. The average molecular weight is 328 g/mol. The normalized spacial score (nSPS) is 17.8. The molecule has 2 rings (SSSR count). The van der Waals surface area contributed by atoms with Gasteiger partial charge >= 0.3 is 5.97 Å². The van der Waals surface area contributed by atoms with Crippen LogP contribution in [0.1, 0.15) is 32.1 Å². The lowest BCUT2D eigenvalue weighted by Crippen LogP contribution is -2.55. The molecule has 0 unspecified atom stereocenters. The zero-order chi connectivity index (χ0) is 16.4. The molecule has 0 saturated heterocycles. The van der Waals surface area contributed by atoms with Crippen molar-refractivity contribution in [2.45, 2.75) is 42.5 Å². The van der Waals surface area contributed by atoms with Crippen LogP contribution in [0, 0.1) is 10.1 Å². The summed E-state index contributed by atoms with van der Waals surface area (Å²) in [5.74, 6) is -1.20. The van der Waals surface area contributed by atoms with Crippen LogP contribution in [0.4, 0.5) is 5.69 Å². The summed E-state index contributed by atoms with van der Waals surface area (Å²) in [4.78, 5) is 21.3. The Morgan fingerprint density at radius 3 is 2.18 bits per heavy atom. The van der Waals surface area contributed by atoms with Crippen molar-refractivity contribution in [2.24, 2.45) is 0 Å². The number of benzene rings is 1. The molecular weight excluding hydrogens is 312 g/mol. The Morgan fingerprint density at radius 1 is 1.18 bits per heavy atom. The van der Waals surface area contributed by atoms with Crippen molar-refractivity contribution in [3.63, 3.8) is 0 Å². The number of nitrogens with one attached hydrogen (secondary N) is 1. The Bertz CT molecular complexity index is 677. The highest BCUT2D eigenvalue weighted by atomic mass is 32.2. The van der Waals surface area contributed by atoms with Crippen LogP contribution >= 0.6 is 0 Å². The number of nitro groups is 1. The van der Waals surface area contributed by atoms with Gasteiger partial charge in [0.25, 0.3) is 5.69 Å². The number of rotatable bonds is 5. The summed E-state index contributed by atoms with van der Waals surface area (Å²) in [5, 5.41) is 20.0. The molecule has 0 aromatic heterocycles. The molecule has 22 heavy (non-hydrogen) atoms. The van der Waals surface area contributed by atoms with Gasteiger partial charge in [0, 0.05) is 12.1 Å². The van der Waals surface area contributed by atoms with Crippen LogP contribution in [-0.2, 0) is 14.8 Å². The molecule has 1 aromatic rings. The monoisotopic (exact) mass is 328 g/mol. The van der Waals surface area contributed by atoms with Gasteiger partial charge in [0.2, 0.25) is 10.0 Å². The van der Waals surface area contributed by atoms with Crippen LogP contribution in [0.25, 0.3) is 0 Å². The molecule has 1 aliphatic rings. The zero-order valence-electron chi connectivity index (χ0n) is 11.7. The molecular formula is C13H16N2O6S. The zero-order valence-corrected chi connectivity index (χ0v) is 12.5. The first-order chi connectivity index (χ1) is 10.3. The Morgan fingerprint density at radius 2 is 1.73 bits per heavy atom. The van der Waals surface area contributed by atoms with E-state index in [1.54, 1.807) is 0 Å². The maximum atomic E-state index is 12.3. The minimum absolute atomic E-state index is 0.190. The number of nitrogens with zero attached hydrogens (tertiary/aromatic N) is 1. The van der Waals surface area contributed by atoms with Crippen LogP contribution in [0.5, 0.6) is 0 Å². The van der Waals surface area contributed by atoms with E-state index in [0.717, 1.165) is 30.7 Å². The predicted octanol–water partition coefficient (Wildman–Crippen LogP) is 1.66. The van der Waals surface area contributed by atoms with Crippen molar-refractivity contribution in [2.75, 3.05) is 0 Å². The van der Waals surface area contributed by atoms with Crippen molar-refractivity contribution >= 4 is 21.7 Å². The largest absolute Gasteiger partial charge is 0.480 e. The first-order valence-corrected chi connectivity index (χ1v) is 8.27. The lowest BCUT2D eigenvalue weighted by molar-refractivity contribution is -0.384. The quantitative estimate of drug-likeness (QED) is 0.625. The molecule has 1 aromatic carbocycles. The van der Waals surface area contributed by atoms with Crippen molar-refractivity contribution in [1.29, 1.82) is 0 Å². The van der Waals surface area contributed by atoms with Gasteiger partial charge in [-0.1, -0.05) is 19.3 Å². The van der Waals surface area contributed by atoms with E-state index in [4.69, 9.17) is 0 Å². The SMILES string of the molecule is O=C(O)C1(NS(=O)(=O)c2ccc([N+](=O)[O-])cc2)CCCCC1. The van der Waals surface area contributed by atoms with Crippen LogP contribution in [0.15, 0.2) is 29.2 Å². The fourth-order valence-electron chi connectivity index (χ4n) is 2.58. The van der Waals surface area contributed by atoms with Crippen molar-refractivity contribution in [3.05, 3.63) is 34.4 Å². The highest BCUT2D eigenvalue weighted by Gasteiger charge is 2.43. The number of hydrogen-bond donors (Lipinski definition) is 2. The number of non-ortho nitro benzene ring substituents is 1. The van der Waals surface area contributed by atoms with E-state index in [1.165, 1.54) is 0 Å². The second-order valence-electron chi connectivity index (χ2n) is 5.30. The molecule has 1 saturated carbocycles. The standard InChI is InChI=1S/C13H16N2O6S/c16-12(17)13(8-2-1-3-9-13)14-22(20,21)11-6-4-10(5-7-11)15(18)19/h4-7,14H,1-3,8-9H2,(H,16,17). The van der Waals surface area contributed by atoms with Gasteiger partial charge in [-0.05, 0) is 25.0 Å². The fourth-order valence-corrected chi connectivity index (χ4v) is 4.00. The number of hydrogen-bond acceptors (Lipinski definition) is 5. The minimum Gasteiger partial charge on any atom is -0.480 e. The Hall–Kier alpha value is -2.00. The highest BCUT2D eigenvalue weighted by Crippen LogP contribution is 2.30. The second kappa shape index (κ2) is 6.01. The molecule has 9 heteroatoms. The third kappa shape index (κ3) is 3.25. The van der Waals surface area contributed by atoms with Gasteiger partial charge in [-0.25, -0.2) is 8.42 Å². The minimum atomic E-state index is -4.06. The van der Waals surface area contributed by atoms with Crippen LogP contribution in [0.3, 0.4) is 0 Å². The molecule has 0 atom stereocenters. The molecule has 0 spiro atoms. The molecule has 2 N–H and O–H groups in total. The van der Waals surface area contributed by atoms with E-state index >= 15 is 0 Å². The van der Waals surface area contributed by atoms with Gasteiger partial charge in [-0.15, -0.1) is 0 Å². The van der Waals surface area contributed by atoms with E-state index in [0.29, 0.717) is 12.8 Å². The molecule has 0 radical (unpaired) electrons. The van der Waals surface area contributed by atoms with Gasteiger partial charge in [0.15, 0.2) is 0 Å². The second-order valence-corrected chi connectivity index (χ2v) is 6.99. The van der Waals surface area contributed by atoms with Crippen LogP contribution in [-0.4, -0.2) is 30.0 Å². The number of nitro benzene ring substituents is 1. The average Bonchev–Trinajstić information content (AvgIpc) is 2.47. The summed E-state index contributed by atoms with van der Waals surface area (Å²) in [6.45, 7) is 0. The lowest BCUT2D eigenvalue weighted by atomic mass is 9.83. The predicted molar refractivity (Wildman–Crippen MR) is 76.9 cm³/mol. The van der Waals surface area contributed by atoms with Gasteiger partial charge in [-0.2, -0.15) is 4.72 Å². The van der Waals surface area contributed by atoms with Crippen LogP contribution in [0.2, 0.25) is 0 Å². The van der Waals surface area contributed by atoms with Gasteiger partial charge in [0.05, 0.1) is 9.82 Å². The maximum Gasteiger partial charge on any atom is 0.324 e. The Labute approximate surface area is 127 Å². The van der Waals surface area contributed by atoms with E-state index in [9.17, 15) is 28.4 Å². The molecule has 0 aliphatic heterocycles. The fraction of sp³-hybridized carbons (Fsp3) is 0.462. The summed E-state index contributed by atoms with van der Waals surface area (Å²) in [5.41, 5.74) is -1.73. The topological polar surface area (TPSA) is 127 Å². The summed E-state index contributed by atoms with van der Waals surface area (Å²) in [6.07, 6.45) is 2.60. The van der Waals surface area contributed by atoms with E-state index in [-0.39, 0.29) is 23.4 Å². The molecule has 1 aliphatic carbocycles. The summed E-state index contributed by atoms with van der Waals surface area (Å²) < 4.78 is 27.0. The first-order valence-electron chi connectivity index (χ1n) is 6.79. The van der Waals surface area contributed by atoms with E-state index in [1.807, 2.05) is 0 Å². The number of carbonyl (C=O) groups is 1. The highest BCUT2D eigenvalue weighted by molar-refractivity contribution is 7.89. The first kappa shape index (κ1) is 16.4. The number of sulfonamides is 1. The van der Waals surface area contributed by atoms with Crippen molar-refractivity contribution < 1.29 is 23.2 Å². The smallest absolute Gasteiger partial charge is 0.324 e. The molecule has 0 amide bonds. The van der Waals surface area contributed by atoms with Crippen molar-refractivity contribution in [1.82, 2.24) is 4.72 Å². The van der Waals surface area contributed by atoms with Gasteiger partial charge in [0.1, 0.15) is 5.54 Å².